The fraction of sp³-hybridized carbons (Fsp3) is 0.286. The van der Waals surface area contributed by atoms with Crippen molar-refractivity contribution in [3.8, 4) is 0 Å². The van der Waals surface area contributed by atoms with Crippen LogP contribution in [0.25, 0.3) is 0 Å². The van der Waals surface area contributed by atoms with Gasteiger partial charge in [0.25, 0.3) is 0 Å². The van der Waals surface area contributed by atoms with Crippen LogP contribution in [0.1, 0.15) is 25.0 Å². The van der Waals surface area contributed by atoms with E-state index in [0.717, 1.165) is 11.1 Å². The summed E-state index contributed by atoms with van der Waals surface area (Å²) in [6, 6.07) is 10.0. The lowest BCUT2D eigenvalue weighted by Crippen LogP contribution is -2.46. The Kier molecular flexibility index (Phi) is 7.89. The van der Waals surface area contributed by atoms with Gasteiger partial charge in [-0.3, -0.25) is 14.4 Å². The maximum Gasteiger partial charge on any atom is 0.243 e. The summed E-state index contributed by atoms with van der Waals surface area (Å²) in [5, 5.41) is 7.70. The van der Waals surface area contributed by atoms with Gasteiger partial charge in [0.2, 0.25) is 27.7 Å². The fourth-order valence-electron chi connectivity index (χ4n) is 2.79. The summed E-state index contributed by atoms with van der Waals surface area (Å²) < 4.78 is 27.2. The topological polar surface area (TPSA) is 133 Å². The number of hydrogen-bond donors (Lipinski definition) is 4. The Morgan fingerprint density at radius 3 is 2.06 bits per heavy atom. The van der Waals surface area contributed by atoms with Crippen LogP contribution in [-0.4, -0.2) is 38.7 Å². The van der Waals surface area contributed by atoms with Crippen molar-refractivity contribution in [3.05, 3.63) is 53.6 Å². The van der Waals surface area contributed by atoms with E-state index in [4.69, 9.17) is 0 Å². The normalized spacial score (nSPS) is 12.0. The summed E-state index contributed by atoms with van der Waals surface area (Å²) in [4.78, 5) is 35.4. The highest BCUT2D eigenvalue weighted by atomic mass is 32.2. The first-order valence-corrected chi connectivity index (χ1v) is 11.0. The Morgan fingerprint density at radius 2 is 1.52 bits per heavy atom. The summed E-state index contributed by atoms with van der Waals surface area (Å²) in [6.07, 6.45) is 0. The second-order valence-electron chi connectivity index (χ2n) is 7.08. The second kappa shape index (κ2) is 10.2. The SMILES string of the molecule is CC(=O)Nc1ccc(S(=O)(=O)N[C@@H](C)C(=O)NCC(=O)Nc2c(C)cccc2C)cc1. The van der Waals surface area contributed by atoms with E-state index in [2.05, 4.69) is 20.7 Å². The molecule has 9 nitrogen and oxygen atoms in total. The number of benzene rings is 2. The molecule has 0 aliphatic carbocycles. The van der Waals surface area contributed by atoms with Crippen molar-refractivity contribution >= 4 is 39.1 Å². The highest BCUT2D eigenvalue weighted by molar-refractivity contribution is 7.89. The van der Waals surface area contributed by atoms with Crippen LogP contribution in [0, 0.1) is 13.8 Å². The van der Waals surface area contributed by atoms with E-state index in [-0.39, 0.29) is 17.3 Å². The van der Waals surface area contributed by atoms with Crippen molar-refractivity contribution in [1.29, 1.82) is 0 Å². The van der Waals surface area contributed by atoms with Crippen molar-refractivity contribution in [1.82, 2.24) is 10.0 Å². The second-order valence-corrected chi connectivity index (χ2v) is 8.80. The van der Waals surface area contributed by atoms with Crippen LogP contribution in [-0.2, 0) is 24.4 Å². The largest absolute Gasteiger partial charge is 0.346 e. The molecule has 10 heteroatoms. The van der Waals surface area contributed by atoms with Crippen molar-refractivity contribution in [2.75, 3.05) is 17.2 Å². The van der Waals surface area contributed by atoms with Gasteiger partial charge in [-0.15, -0.1) is 0 Å². The van der Waals surface area contributed by atoms with Gasteiger partial charge in [0, 0.05) is 18.3 Å². The van der Waals surface area contributed by atoms with Gasteiger partial charge >= 0.3 is 0 Å². The van der Waals surface area contributed by atoms with Gasteiger partial charge in [-0.2, -0.15) is 4.72 Å². The van der Waals surface area contributed by atoms with Gasteiger partial charge in [0.05, 0.1) is 17.5 Å². The van der Waals surface area contributed by atoms with E-state index < -0.39 is 27.9 Å². The lowest BCUT2D eigenvalue weighted by molar-refractivity contribution is -0.125. The third kappa shape index (κ3) is 6.90. The molecule has 3 amide bonds. The average molecular weight is 447 g/mol. The molecule has 2 aromatic carbocycles. The number of aryl methyl sites for hydroxylation is 2. The summed E-state index contributed by atoms with van der Waals surface area (Å²) in [6.45, 7) is 6.14. The molecule has 2 rings (SSSR count). The number of anilines is 2. The van der Waals surface area contributed by atoms with Crippen LogP contribution in [0.3, 0.4) is 0 Å². The maximum atomic E-state index is 12.5. The minimum atomic E-state index is -3.97. The van der Waals surface area contributed by atoms with Crippen molar-refractivity contribution in [2.45, 2.75) is 38.6 Å². The zero-order valence-electron chi connectivity index (χ0n) is 17.8. The molecule has 4 N–H and O–H groups in total. The minimum Gasteiger partial charge on any atom is -0.346 e. The summed E-state index contributed by atoms with van der Waals surface area (Å²) in [5.41, 5.74) is 2.92. The number of rotatable bonds is 8. The van der Waals surface area contributed by atoms with E-state index in [9.17, 15) is 22.8 Å². The summed E-state index contributed by atoms with van der Waals surface area (Å²) in [7, 11) is -3.97. The molecule has 0 saturated heterocycles. The van der Waals surface area contributed by atoms with Gasteiger partial charge in [-0.1, -0.05) is 18.2 Å². The van der Waals surface area contributed by atoms with Crippen molar-refractivity contribution < 1.29 is 22.8 Å². The Hall–Kier alpha value is -3.24. The first-order valence-electron chi connectivity index (χ1n) is 9.53. The lowest BCUT2D eigenvalue weighted by atomic mass is 10.1. The molecule has 0 spiro atoms. The first-order chi connectivity index (χ1) is 14.5. The molecule has 0 aliphatic rings. The standard InChI is InChI=1S/C21H26N4O5S/c1-13-6-5-7-14(2)20(13)24-19(27)12-22-21(28)15(3)25-31(29,30)18-10-8-17(9-11-18)23-16(4)26/h5-11,15,25H,12H2,1-4H3,(H,22,28)(H,23,26)(H,24,27)/t15-/m0/s1. The van der Waals surface area contributed by atoms with E-state index in [0.29, 0.717) is 11.4 Å². The molecule has 1 atom stereocenters. The Morgan fingerprint density at radius 1 is 0.935 bits per heavy atom. The quantitative estimate of drug-likeness (QED) is 0.490. The van der Waals surface area contributed by atoms with Crippen LogP contribution in [0.5, 0.6) is 0 Å². The van der Waals surface area contributed by atoms with Crippen LogP contribution in [0.4, 0.5) is 11.4 Å². The molecular weight excluding hydrogens is 420 g/mol. The molecule has 0 saturated carbocycles. The van der Waals surface area contributed by atoms with Crippen LogP contribution in [0.2, 0.25) is 0 Å². The van der Waals surface area contributed by atoms with Gasteiger partial charge < -0.3 is 16.0 Å². The molecule has 0 radical (unpaired) electrons. The average Bonchev–Trinajstić information content (AvgIpc) is 2.68. The Balaban J connectivity index is 1.92. The lowest BCUT2D eigenvalue weighted by Gasteiger charge is -2.15. The van der Waals surface area contributed by atoms with Gasteiger partial charge in [-0.25, -0.2) is 8.42 Å². The predicted octanol–water partition coefficient (Wildman–Crippen LogP) is 1.68. The van der Waals surface area contributed by atoms with E-state index in [1.54, 1.807) is 0 Å². The number of carbonyl (C=O) groups excluding carboxylic acids is 3. The van der Waals surface area contributed by atoms with E-state index >= 15 is 0 Å². The molecule has 0 fully saturated rings. The smallest absolute Gasteiger partial charge is 0.243 e. The maximum absolute atomic E-state index is 12.5. The van der Waals surface area contributed by atoms with Crippen LogP contribution >= 0.6 is 0 Å². The monoisotopic (exact) mass is 446 g/mol. The van der Waals surface area contributed by atoms with Gasteiger partial charge in [0.15, 0.2) is 0 Å². The zero-order chi connectivity index (χ0) is 23.2. The number of sulfonamides is 1. The molecule has 0 aliphatic heterocycles. The number of amides is 3. The van der Waals surface area contributed by atoms with Crippen molar-refractivity contribution in [3.63, 3.8) is 0 Å². The third-order valence-corrected chi connectivity index (χ3v) is 5.94. The number of para-hydroxylation sites is 1. The molecular formula is C21H26N4O5S. The molecule has 166 valence electrons. The third-order valence-electron chi connectivity index (χ3n) is 4.38. The summed E-state index contributed by atoms with van der Waals surface area (Å²) in [5.74, 6) is -1.34. The molecule has 0 unspecified atom stereocenters. The molecule has 0 aromatic heterocycles. The zero-order valence-corrected chi connectivity index (χ0v) is 18.6. The predicted molar refractivity (Wildman–Crippen MR) is 118 cm³/mol. The number of carbonyl (C=O) groups is 3. The fourth-order valence-corrected chi connectivity index (χ4v) is 3.99. The highest BCUT2D eigenvalue weighted by Gasteiger charge is 2.22. The van der Waals surface area contributed by atoms with Gasteiger partial charge in [0.1, 0.15) is 0 Å². The first kappa shape index (κ1) is 24.0. The van der Waals surface area contributed by atoms with E-state index in [1.807, 2.05) is 32.0 Å². The van der Waals surface area contributed by atoms with E-state index in [1.165, 1.54) is 38.1 Å². The van der Waals surface area contributed by atoms with Crippen molar-refractivity contribution in [2.24, 2.45) is 0 Å². The van der Waals surface area contributed by atoms with Gasteiger partial charge in [-0.05, 0) is 56.2 Å². The molecule has 31 heavy (non-hydrogen) atoms. The molecule has 2 aromatic rings. The Labute approximate surface area is 181 Å². The molecule has 0 bridgehead atoms. The number of nitrogens with one attached hydrogen (secondary N) is 4. The highest BCUT2D eigenvalue weighted by Crippen LogP contribution is 2.19. The minimum absolute atomic E-state index is 0.0611. The Bertz CT molecular complexity index is 1060. The number of hydrogen-bond acceptors (Lipinski definition) is 5. The van der Waals surface area contributed by atoms with Crippen LogP contribution < -0.4 is 20.7 Å². The molecule has 0 heterocycles. The summed E-state index contributed by atoms with van der Waals surface area (Å²) >= 11 is 0. The van der Waals surface area contributed by atoms with Crippen LogP contribution in [0.15, 0.2) is 47.4 Å².